The van der Waals surface area contributed by atoms with Crippen LogP contribution in [0.15, 0.2) is 12.3 Å². The molecule has 0 bridgehead atoms. The molecule has 0 spiro atoms. The maximum Gasteiger partial charge on any atom is 0.168 e. The van der Waals surface area contributed by atoms with E-state index in [9.17, 15) is 8.78 Å². The number of hydrogen-bond donors (Lipinski definition) is 1. The third kappa shape index (κ3) is 2.90. The topological polar surface area (TPSA) is 24.9 Å². The van der Waals surface area contributed by atoms with Crippen LogP contribution in [0.5, 0.6) is 0 Å². The molecule has 4 heteroatoms. The van der Waals surface area contributed by atoms with E-state index in [1.54, 1.807) is 0 Å². The van der Waals surface area contributed by atoms with Crippen molar-refractivity contribution in [1.29, 1.82) is 0 Å². The highest BCUT2D eigenvalue weighted by atomic mass is 19.1. The smallest absolute Gasteiger partial charge is 0.168 e. The van der Waals surface area contributed by atoms with Crippen LogP contribution in [-0.4, -0.2) is 11.0 Å². The summed E-state index contributed by atoms with van der Waals surface area (Å²) in [6.07, 6.45) is 7.95. The minimum atomic E-state index is -0.635. The summed E-state index contributed by atoms with van der Waals surface area (Å²) in [6, 6.07) is 1.14. The van der Waals surface area contributed by atoms with Crippen LogP contribution in [0.2, 0.25) is 0 Å². The van der Waals surface area contributed by atoms with Crippen LogP contribution in [-0.2, 0) is 0 Å². The van der Waals surface area contributed by atoms with Crippen molar-refractivity contribution in [1.82, 2.24) is 4.98 Å². The number of anilines is 1. The molecule has 0 aliphatic heterocycles. The van der Waals surface area contributed by atoms with E-state index in [4.69, 9.17) is 0 Å². The molecule has 0 amide bonds. The molecule has 1 aliphatic carbocycles. The van der Waals surface area contributed by atoms with Gasteiger partial charge in [0.1, 0.15) is 5.82 Å². The van der Waals surface area contributed by atoms with Gasteiger partial charge in [0, 0.05) is 12.1 Å². The van der Waals surface area contributed by atoms with Gasteiger partial charge in [0.15, 0.2) is 11.6 Å². The molecule has 0 atom stereocenters. The largest absolute Gasteiger partial charge is 0.365 e. The van der Waals surface area contributed by atoms with Crippen molar-refractivity contribution in [3.8, 4) is 0 Å². The molecule has 1 N–H and O–H groups in total. The van der Waals surface area contributed by atoms with Crippen LogP contribution in [0.25, 0.3) is 0 Å². The van der Waals surface area contributed by atoms with Gasteiger partial charge in [-0.3, -0.25) is 0 Å². The number of aromatic nitrogens is 1. The van der Waals surface area contributed by atoms with Crippen LogP contribution >= 0.6 is 0 Å². The van der Waals surface area contributed by atoms with Crippen molar-refractivity contribution in [2.45, 2.75) is 44.6 Å². The summed E-state index contributed by atoms with van der Waals surface area (Å²) in [7, 11) is 0. The molecule has 0 radical (unpaired) electrons. The van der Waals surface area contributed by atoms with Gasteiger partial charge in [0.2, 0.25) is 0 Å². The predicted molar refractivity (Wildman–Crippen MR) is 59.3 cm³/mol. The van der Waals surface area contributed by atoms with Gasteiger partial charge in [0.25, 0.3) is 0 Å². The lowest BCUT2D eigenvalue weighted by molar-refractivity contribution is 0.564. The van der Waals surface area contributed by atoms with Gasteiger partial charge < -0.3 is 5.32 Å². The van der Waals surface area contributed by atoms with E-state index in [1.165, 1.54) is 25.7 Å². The number of hydrogen-bond acceptors (Lipinski definition) is 2. The zero-order valence-electron chi connectivity index (χ0n) is 9.18. The lowest BCUT2D eigenvalue weighted by atomic mass is 10.1. The van der Waals surface area contributed by atoms with Gasteiger partial charge in [-0.1, -0.05) is 25.7 Å². The maximum atomic E-state index is 13.3. The first-order valence-corrected chi connectivity index (χ1v) is 5.83. The van der Waals surface area contributed by atoms with Crippen LogP contribution < -0.4 is 5.32 Å². The second-order valence-corrected chi connectivity index (χ2v) is 4.32. The van der Waals surface area contributed by atoms with Crippen molar-refractivity contribution in [3.05, 3.63) is 23.9 Å². The van der Waals surface area contributed by atoms with Gasteiger partial charge in [-0.15, -0.1) is 0 Å². The number of pyridine rings is 1. The van der Waals surface area contributed by atoms with Crippen molar-refractivity contribution >= 4 is 5.82 Å². The number of nitrogens with zero attached hydrogens (tertiary/aromatic N) is 1. The summed E-state index contributed by atoms with van der Waals surface area (Å²) in [5, 5.41) is 3.06. The molecule has 1 fully saturated rings. The minimum absolute atomic E-state index is 0.174. The van der Waals surface area contributed by atoms with Gasteiger partial charge in [-0.2, -0.15) is 0 Å². The van der Waals surface area contributed by atoms with E-state index in [0.29, 0.717) is 0 Å². The summed E-state index contributed by atoms with van der Waals surface area (Å²) in [6.45, 7) is 0. The Hall–Kier alpha value is -1.19. The first-order valence-electron chi connectivity index (χ1n) is 5.83. The lowest BCUT2D eigenvalue weighted by Gasteiger charge is -2.16. The van der Waals surface area contributed by atoms with Crippen molar-refractivity contribution in [3.63, 3.8) is 0 Å². The van der Waals surface area contributed by atoms with E-state index in [-0.39, 0.29) is 11.9 Å². The van der Waals surface area contributed by atoms with Crippen molar-refractivity contribution in [2.75, 3.05) is 5.32 Å². The van der Waals surface area contributed by atoms with Crippen molar-refractivity contribution < 1.29 is 8.78 Å². The van der Waals surface area contributed by atoms with Crippen LogP contribution in [0.1, 0.15) is 38.5 Å². The zero-order valence-corrected chi connectivity index (χ0v) is 9.18. The fourth-order valence-electron chi connectivity index (χ4n) is 2.14. The Labute approximate surface area is 94.1 Å². The number of nitrogens with one attached hydrogen (secondary N) is 1. The van der Waals surface area contributed by atoms with E-state index >= 15 is 0 Å². The molecule has 1 aromatic rings. The lowest BCUT2D eigenvalue weighted by Crippen LogP contribution is -2.20. The molecule has 88 valence electrons. The Morgan fingerprint density at radius 2 is 1.81 bits per heavy atom. The molecule has 2 rings (SSSR count). The van der Waals surface area contributed by atoms with E-state index in [1.807, 2.05) is 0 Å². The fraction of sp³-hybridized carbons (Fsp3) is 0.583. The molecule has 0 saturated heterocycles. The maximum absolute atomic E-state index is 13.3. The third-order valence-corrected chi connectivity index (χ3v) is 3.00. The van der Waals surface area contributed by atoms with E-state index in [0.717, 1.165) is 25.1 Å². The van der Waals surface area contributed by atoms with Crippen LogP contribution in [0.3, 0.4) is 0 Å². The van der Waals surface area contributed by atoms with Gasteiger partial charge in [-0.05, 0) is 12.8 Å². The quantitative estimate of drug-likeness (QED) is 0.781. The molecule has 0 aromatic carbocycles. The highest BCUT2D eigenvalue weighted by molar-refractivity contribution is 5.36. The molecule has 1 heterocycles. The molecular formula is C12H16F2N2. The Morgan fingerprint density at radius 3 is 2.44 bits per heavy atom. The number of halogens is 2. The van der Waals surface area contributed by atoms with Crippen LogP contribution in [0, 0.1) is 11.6 Å². The highest BCUT2D eigenvalue weighted by Crippen LogP contribution is 2.21. The molecule has 1 aliphatic rings. The highest BCUT2D eigenvalue weighted by Gasteiger charge is 2.14. The summed E-state index contributed by atoms with van der Waals surface area (Å²) in [4.78, 5) is 3.74. The third-order valence-electron chi connectivity index (χ3n) is 3.00. The Morgan fingerprint density at radius 1 is 1.12 bits per heavy atom. The van der Waals surface area contributed by atoms with Crippen LogP contribution in [0.4, 0.5) is 14.6 Å². The van der Waals surface area contributed by atoms with Gasteiger partial charge >= 0.3 is 0 Å². The first-order chi connectivity index (χ1) is 7.75. The SMILES string of the molecule is Fc1cnc(NC2CCCCCC2)c(F)c1. The van der Waals surface area contributed by atoms with Crippen molar-refractivity contribution in [2.24, 2.45) is 0 Å². The predicted octanol–water partition coefficient (Wildman–Crippen LogP) is 3.49. The summed E-state index contributed by atoms with van der Waals surface area (Å²) in [5.41, 5.74) is 0. The second kappa shape index (κ2) is 5.23. The molecule has 16 heavy (non-hydrogen) atoms. The normalized spacial score (nSPS) is 18.1. The Kier molecular flexibility index (Phi) is 3.70. The second-order valence-electron chi connectivity index (χ2n) is 4.32. The summed E-state index contributed by atoms with van der Waals surface area (Å²) in [5.74, 6) is -1.07. The monoisotopic (exact) mass is 226 g/mol. The zero-order chi connectivity index (χ0) is 11.4. The first kappa shape index (κ1) is 11.3. The molecule has 1 aromatic heterocycles. The molecule has 0 unspecified atom stereocenters. The van der Waals surface area contributed by atoms with E-state index in [2.05, 4.69) is 10.3 Å². The average Bonchev–Trinajstić information content (AvgIpc) is 2.51. The molecule has 1 saturated carbocycles. The molecule has 2 nitrogen and oxygen atoms in total. The fourth-order valence-corrected chi connectivity index (χ4v) is 2.14. The van der Waals surface area contributed by atoms with Gasteiger partial charge in [0.05, 0.1) is 6.20 Å². The Balaban J connectivity index is 2.01. The summed E-state index contributed by atoms with van der Waals surface area (Å²) >= 11 is 0. The molecular weight excluding hydrogens is 210 g/mol. The summed E-state index contributed by atoms with van der Waals surface area (Å²) < 4.78 is 26.0. The number of rotatable bonds is 2. The van der Waals surface area contributed by atoms with E-state index < -0.39 is 11.6 Å². The minimum Gasteiger partial charge on any atom is -0.365 e. The van der Waals surface area contributed by atoms with Gasteiger partial charge in [-0.25, -0.2) is 13.8 Å². The standard InChI is InChI=1S/C12H16F2N2/c13-9-7-11(14)12(15-8-9)16-10-5-3-1-2-4-6-10/h7-8,10H,1-6H2,(H,15,16). The average molecular weight is 226 g/mol. The Bertz CT molecular complexity index is 347.